The minimum atomic E-state index is -1.12. The number of aromatic nitrogens is 2. The van der Waals surface area contributed by atoms with E-state index >= 15 is 0 Å². The molecule has 2 rings (SSSR count). The minimum absolute atomic E-state index is 0.0161. The topological polar surface area (TPSA) is 86.2 Å². The molecule has 0 saturated heterocycles. The van der Waals surface area contributed by atoms with Gasteiger partial charge < -0.3 is 10.2 Å². The Morgan fingerprint density at radius 1 is 1.44 bits per heavy atom. The van der Waals surface area contributed by atoms with E-state index in [1.165, 1.54) is 12.3 Å². The Morgan fingerprint density at radius 2 is 2.19 bits per heavy atom. The van der Waals surface area contributed by atoms with Crippen LogP contribution in [0.15, 0.2) is 24.4 Å². The van der Waals surface area contributed by atoms with Gasteiger partial charge in [-0.3, -0.25) is 5.10 Å². The molecule has 3 N–H and O–H groups in total. The zero-order chi connectivity index (χ0) is 11.7. The maximum absolute atomic E-state index is 10.9. The fourth-order valence-electron chi connectivity index (χ4n) is 1.37. The summed E-state index contributed by atoms with van der Waals surface area (Å²) < 4.78 is 0. The van der Waals surface area contributed by atoms with Gasteiger partial charge in [-0.15, -0.1) is 0 Å². The van der Waals surface area contributed by atoms with Crippen molar-refractivity contribution in [2.24, 2.45) is 0 Å². The van der Waals surface area contributed by atoms with Gasteiger partial charge in [-0.2, -0.15) is 5.10 Å². The normalized spacial score (nSPS) is 10.3. The van der Waals surface area contributed by atoms with Crippen LogP contribution in [-0.2, 0) is 0 Å². The molecule has 1 aromatic carbocycles. The molecule has 0 aliphatic heterocycles. The third-order valence-corrected chi connectivity index (χ3v) is 2.43. The second-order valence-corrected chi connectivity index (χ2v) is 3.51. The number of hydrogen-bond donors (Lipinski definition) is 3. The van der Waals surface area contributed by atoms with Crippen LogP contribution in [0.1, 0.15) is 10.4 Å². The van der Waals surface area contributed by atoms with Crippen molar-refractivity contribution in [2.45, 2.75) is 0 Å². The van der Waals surface area contributed by atoms with Crippen LogP contribution >= 0.6 is 11.6 Å². The van der Waals surface area contributed by atoms with Crippen LogP contribution < -0.4 is 0 Å². The van der Waals surface area contributed by atoms with Gasteiger partial charge >= 0.3 is 5.97 Å². The second kappa shape index (κ2) is 3.86. The predicted molar refractivity (Wildman–Crippen MR) is 57.7 cm³/mol. The number of carboxylic acid groups (broad SMARTS) is 1. The van der Waals surface area contributed by atoms with Gasteiger partial charge in [0.1, 0.15) is 11.3 Å². The molecule has 0 saturated carbocycles. The molecule has 0 aliphatic carbocycles. The van der Waals surface area contributed by atoms with Crippen molar-refractivity contribution >= 4 is 17.6 Å². The molecule has 6 heteroatoms. The smallest absolute Gasteiger partial charge is 0.339 e. The molecule has 0 radical (unpaired) electrons. The molecule has 82 valence electrons. The highest BCUT2D eigenvalue weighted by molar-refractivity contribution is 6.32. The van der Waals surface area contributed by atoms with Gasteiger partial charge in [-0.1, -0.05) is 17.7 Å². The highest BCUT2D eigenvalue weighted by Gasteiger charge is 2.17. The zero-order valence-corrected chi connectivity index (χ0v) is 8.69. The van der Waals surface area contributed by atoms with E-state index in [1.54, 1.807) is 12.1 Å². The van der Waals surface area contributed by atoms with Crippen molar-refractivity contribution < 1.29 is 15.0 Å². The standard InChI is InChI=1S/C10H7ClN2O3/c11-7-3-1-2-5(9(7)14)8-6(10(15)16)4-12-13-8/h1-4,14H,(H,12,13)(H,15,16). The summed E-state index contributed by atoms with van der Waals surface area (Å²) in [5, 5.41) is 24.9. The van der Waals surface area contributed by atoms with Gasteiger partial charge in [0.05, 0.1) is 16.9 Å². The first-order valence-corrected chi connectivity index (χ1v) is 4.73. The number of phenolic OH excluding ortho intramolecular Hbond substituents is 1. The van der Waals surface area contributed by atoms with Crippen molar-refractivity contribution in [1.29, 1.82) is 0 Å². The minimum Gasteiger partial charge on any atom is -0.506 e. The number of carboxylic acids is 1. The summed E-state index contributed by atoms with van der Waals surface area (Å²) in [6.45, 7) is 0. The van der Waals surface area contributed by atoms with Crippen molar-refractivity contribution in [2.75, 3.05) is 0 Å². The first kappa shape index (κ1) is 10.5. The zero-order valence-electron chi connectivity index (χ0n) is 7.94. The number of nitrogens with one attached hydrogen (secondary N) is 1. The number of H-pyrrole nitrogens is 1. The van der Waals surface area contributed by atoms with Crippen molar-refractivity contribution in [3.63, 3.8) is 0 Å². The van der Waals surface area contributed by atoms with E-state index in [-0.39, 0.29) is 22.0 Å². The van der Waals surface area contributed by atoms with Gasteiger partial charge in [0.25, 0.3) is 0 Å². The van der Waals surface area contributed by atoms with Gasteiger partial charge in [-0.25, -0.2) is 4.79 Å². The van der Waals surface area contributed by atoms with Gasteiger partial charge in [0.2, 0.25) is 0 Å². The average Bonchev–Trinajstić information content (AvgIpc) is 2.70. The fraction of sp³-hybridized carbons (Fsp3) is 0. The van der Waals surface area contributed by atoms with E-state index in [0.29, 0.717) is 5.56 Å². The molecule has 5 nitrogen and oxygen atoms in total. The van der Waals surface area contributed by atoms with E-state index in [0.717, 1.165) is 0 Å². The van der Waals surface area contributed by atoms with Crippen LogP contribution in [0, 0.1) is 0 Å². The average molecular weight is 239 g/mol. The summed E-state index contributed by atoms with van der Waals surface area (Å²) in [6, 6.07) is 4.68. The largest absolute Gasteiger partial charge is 0.506 e. The predicted octanol–water partition coefficient (Wildman–Crippen LogP) is 2.13. The quantitative estimate of drug-likeness (QED) is 0.748. The monoisotopic (exact) mass is 238 g/mol. The highest BCUT2D eigenvalue weighted by Crippen LogP contribution is 2.35. The highest BCUT2D eigenvalue weighted by atomic mass is 35.5. The number of rotatable bonds is 2. The molecule has 1 aromatic heterocycles. The number of para-hydroxylation sites is 1. The Hall–Kier alpha value is -2.01. The lowest BCUT2D eigenvalue weighted by atomic mass is 10.1. The molecule has 0 unspecified atom stereocenters. The molecule has 16 heavy (non-hydrogen) atoms. The summed E-state index contributed by atoms with van der Waals surface area (Å²) >= 11 is 5.73. The van der Waals surface area contributed by atoms with E-state index < -0.39 is 5.97 Å². The maximum Gasteiger partial charge on any atom is 0.339 e. The van der Waals surface area contributed by atoms with E-state index in [9.17, 15) is 9.90 Å². The number of phenols is 1. The maximum atomic E-state index is 10.9. The number of aromatic amines is 1. The Balaban J connectivity index is 2.63. The Kier molecular flexibility index (Phi) is 2.54. The first-order chi connectivity index (χ1) is 7.61. The number of aromatic carboxylic acids is 1. The van der Waals surface area contributed by atoms with Crippen LogP contribution in [0.25, 0.3) is 11.3 Å². The Bertz CT molecular complexity index is 551. The van der Waals surface area contributed by atoms with Crippen molar-refractivity contribution in [1.82, 2.24) is 10.2 Å². The number of nitrogens with zero attached hydrogens (tertiary/aromatic N) is 1. The first-order valence-electron chi connectivity index (χ1n) is 4.35. The van der Waals surface area contributed by atoms with Crippen molar-refractivity contribution in [3.8, 4) is 17.0 Å². The molecule has 0 aliphatic rings. The number of carbonyl (C=O) groups is 1. The van der Waals surface area contributed by atoms with Crippen LogP contribution in [0.4, 0.5) is 0 Å². The SMILES string of the molecule is O=C(O)c1cn[nH]c1-c1cccc(Cl)c1O. The van der Waals surface area contributed by atoms with Gasteiger partial charge in [-0.05, 0) is 12.1 Å². The van der Waals surface area contributed by atoms with Crippen LogP contribution in [0.2, 0.25) is 5.02 Å². The third kappa shape index (κ3) is 1.61. The molecule has 1 heterocycles. The van der Waals surface area contributed by atoms with Gasteiger partial charge in [0, 0.05) is 5.56 Å². The summed E-state index contributed by atoms with van der Waals surface area (Å²) in [7, 11) is 0. The summed E-state index contributed by atoms with van der Waals surface area (Å²) in [6.07, 6.45) is 1.18. The van der Waals surface area contributed by atoms with E-state index in [2.05, 4.69) is 10.2 Å². The molecule has 0 fully saturated rings. The second-order valence-electron chi connectivity index (χ2n) is 3.10. The van der Waals surface area contributed by atoms with Gasteiger partial charge in [0.15, 0.2) is 0 Å². The fourth-order valence-corrected chi connectivity index (χ4v) is 1.55. The molecular weight excluding hydrogens is 232 g/mol. The lowest BCUT2D eigenvalue weighted by Gasteiger charge is -2.04. The molecule has 0 spiro atoms. The van der Waals surface area contributed by atoms with Crippen LogP contribution in [0.3, 0.4) is 0 Å². The number of halogens is 1. The number of benzene rings is 1. The number of hydrogen-bond acceptors (Lipinski definition) is 3. The molecule has 2 aromatic rings. The molecule has 0 amide bonds. The van der Waals surface area contributed by atoms with Crippen LogP contribution in [-0.4, -0.2) is 26.4 Å². The molecule has 0 atom stereocenters. The van der Waals surface area contributed by atoms with E-state index in [4.69, 9.17) is 16.7 Å². The molecule has 0 bridgehead atoms. The summed E-state index contributed by atoms with van der Waals surface area (Å²) in [4.78, 5) is 10.9. The van der Waals surface area contributed by atoms with Crippen LogP contribution in [0.5, 0.6) is 5.75 Å². The Labute approximate surface area is 95.3 Å². The van der Waals surface area contributed by atoms with Crippen molar-refractivity contribution in [3.05, 3.63) is 35.0 Å². The Morgan fingerprint density at radius 3 is 2.88 bits per heavy atom. The summed E-state index contributed by atoms with van der Waals surface area (Å²) in [5.41, 5.74) is 0.521. The number of aromatic hydroxyl groups is 1. The van der Waals surface area contributed by atoms with E-state index in [1.807, 2.05) is 0 Å². The lowest BCUT2D eigenvalue weighted by molar-refractivity contribution is 0.0698. The molecular formula is C10H7ClN2O3. The lowest BCUT2D eigenvalue weighted by Crippen LogP contribution is -1.96. The third-order valence-electron chi connectivity index (χ3n) is 2.13. The summed E-state index contributed by atoms with van der Waals surface area (Å²) in [5.74, 6) is -1.29.